The molecule has 1 atom stereocenters. The van der Waals surface area contributed by atoms with E-state index in [0.29, 0.717) is 11.8 Å². The zero-order valence-electron chi connectivity index (χ0n) is 22.4. The van der Waals surface area contributed by atoms with E-state index in [1.807, 2.05) is 26.2 Å². The Morgan fingerprint density at radius 3 is 2.06 bits per heavy atom. The molecular weight excluding hydrogens is 408 g/mol. The van der Waals surface area contributed by atoms with Crippen LogP contribution in [0.15, 0.2) is 12.4 Å². The summed E-state index contributed by atoms with van der Waals surface area (Å²) in [6.45, 7) is 21.4. The van der Waals surface area contributed by atoms with Crippen molar-refractivity contribution in [1.82, 2.24) is 19.9 Å². The fourth-order valence-corrected chi connectivity index (χ4v) is 4.16. The van der Waals surface area contributed by atoms with E-state index in [-0.39, 0.29) is 0 Å². The Bertz CT molecular complexity index is 851. The van der Waals surface area contributed by atoms with Gasteiger partial charge in [0.2, 0.25) is 0 Å². The molecule has 2 aromatic heterocycles. The van der Waals surface area contributed by atoms with Crippen molar-refractivity contribution in [1.29, 1.82) is 0 Å². The lowest BCUT2D eigenvalue weighted by molar-refractivity contribution is 0.651. The first-order chi connectivity index (χ1) is 16.0. The molecule has 2 aromatic rings. The summed E-state index contributed by atoms with van der Waals surface area (Å²) in [5.41, 5.74) is 3.63. The van der Waals surface area contributed by atoms with Gasteiger partial charge in [0, 0.05) is 50.1 Å². The molecule has 2 aliphatic rings. The molecule has 0 fully saturated rings. The van der Waals surface area contributed by atoms with E-state index in [0.717, 1.165) is 62.8 Å². The van der Waals surface area contributed by atoms with Crippen molar-refractivity contribution in [3.8, 4) is 0 Å². The van der Waals surface area contributed by atoms with Crippen molar-refractivity contribution in [3.63, 3.8) is 0 Å². The topological polar surface area (TPSA) is 58.0 Å². The van der Waals surface area contributed by atoms with Gasteiger partial charge in [-0.2, -0.15) is 0 Å². The first-order valence-corrected chi connectivity index (χ1v) is 13.2. The first kappa shape index (κ1) is 27.0. The number of aromatic nitrogens is 4. The van der Waals surface area contributed by atoms with E-state index in [1.54, 1.807) is 0 Å². The summed E-state index contributed by atoms with van der Waals surface area (Å²) in [6, 6.07) is 0. The Labute approximate surface area is 202 Å². The Morgan fingerprint density at radius 2 is 1.45 bits per heavy atom. The lowest BCUT2D eigenvalue weighted by Gasteiger charge is -2.29. The summed E-state index contributed by atoms with van der Waals surface area (Å²) in [6.07, 6.45) is 9.75. The molecule has 4 heterocycles. The molecule has 0 spiro atoms. The number of nitrogens with zero attached hydrogens (tertiary/aromatic N) is 6. The molecule has 0 saturated heterocycles. The first-order valence-electron chi connectivity index (χ1n) is 13.2. The van der Waals surface area contributed by atoms with E-state index in [9.17, 15) is 0 Å². The van der Waals surface area contributed by atoms with Gasteiger partial charge in [0.1, 0.15) is 11.6 Å². The predicted octanol–water partition coefficient (Wildman–Crippen LogP) is 6.16. The van der Waals surface area contributed by atoms with Crippen molar-refractivity contribution in [2.75, 3.05) is 36.0 Å². The second-order valence-electron chi connectivity index (χ2n) is 8.97. The van der Waals surface area contributed by atoms with E-state index < -0.39 is 0 Å². The fraction of sp³-hybridized carbons (Fsp3) is 0.704. The van der Waals surface area contributed by atoms with Crippen molar-refractivity contribution >= 4 is 11.6 Å². The molecule has 0 aliphatic carbocycles. The van der Waals surface area contributed by atoms with Gasteiger partial charge in [-0.3, -0.25) is 4.98 Å². The number of aryl methyl sites for hydroxylation is 2. The van der Waals surface area contributed by atoms with Gasteiger partial charge in [-0.25, -0.2) is 15.0 Å². The van der Waals surface area contributed by atoms with Gasteiger partial charge < -0.3 is 9.80 Å². The summed E-state index contributed by atoms with van der Waals surface area (Å²) in [4.78, 5) is 23.2. The van der Waals surface area contributed by atoms with E-state index in [1.165, 1.54) is 29.9 Å². The summed E-state index contributed by atoms with van der Waals surface area (Å²) in [5, 5.41) is 0. The molecule has 6 heteroatoms. The molecule has 2 aliphatic heterocycles. The maximum absolute atomic E-state index is 4.80. The highest BCUT2D eigenvalue weighted by atomic mass is 15.2. The van der Waals surface area contributed by atoms with Crippen LogP contribution in [0.3, 0.4) is 0 Å². The highest BCUT2D eigenvalue weighted by molar-refractivity contribution is 5.48. The van der Waals surface area contributed by atoms with Crippen LogP contribution in [0, 0.1) is 0 Å². The predicted molar refractivity (Wildman–Crippen MR) is 141 cm³/mol. The molecule has 0 bridgehead atoms. The minimum atomic E-state index is 0.413. The number of rotatable bonds is 5. The molecule has 6 nitrogen and oxygen atoms in total. The van der Waals surface area contributed by atoms with Gasteiger partial charge in [-0.1, -0.05) is 41.5 Å². The summed E-state index contributed by atoms with van der Waals surface area (Å²) < 4.78 is 0. The van der Waals surface area contributed by atoms with Crippen LogP contribution < -0.4 is 9.80 Å². The lowest BCUT2D eigenvalue weighted by Crippen LogP contribution is -2.31. The largest absolute Gasteiger partial charge is 0.357 e. The van der Waals surface area contributed by atoms with Crippen LogP contribution in [-0.2, 0) is 12.8 Å². The van der Waals surface area contributed by atoms with Gasteiger partial charge in [-0.15, -0.1) is 0 Å². The second kappa shape index (κ2) is 13.5. The zero-order chi connectivity index (χ0) is 24.4. The van der Waals surface area contributed by atoms with Gasteiger partial charge in [0.25, 0.3) is 0 Å². The average Bonchev–Trinajstić information content (AvgIpc) is 2.88. The van der Waals surface area contributed by atoms with Crippen molar-refractivity contribution in [2.24, 2.45) is 0 Å². The summed E-state index contributed by atoms with van der Waals surface area (Å²) >= 11 is 0. The molecule has 0 N–H and O–H groups in total. The third-order valence-corrected chi connectivity index (χ3v) is 6.42. The van der Waals surface area contributed by atoms with Crippen LogP contribution in [0.5, 0.6) is 0 Å². The summed E-state index contributed by atoms with van der Waals surface area (Å²) in [7, 11) is 0. The molecular formula is C27H46N6. The van der Waals surface area contributed by atoms with Crippen LogP contribution >= 0.6 is 0 Å². The quantitative estimate of drug-likeness (QED) is 0.539. The fourth-order valence-electron chi connectivity index (χ4n) is 4.16. The monoisotopic (exact) mass is 454 g/mol. The van der Waals surface area contributed by atoms with E-state index in [2.05, 4.69) is 66.3 Å². The van der Waals surface area contributed by atoms with Gasteiger partial charge in [0.05, 0.1) is 11.4 Å². The minimum Gasteiger partial charge on any atom is -0.357 e. The third kappa shape index (κ3) is 6.87. The highest BCUT2D eigenvalue weighted by Gasteiger charge is 2.20. The molecule has 0 radical (unpaired) electrons. The molecule has 4 rings (SSSR count). The highest BCUT2D eigenvalue weighted by Crippen LogP contribution is 2.26. The molecule has 0 aromatic carbocycles. The van der Waals surface area contributed by atoms with Crippen LogP contribution in [0.2, 0.25) is 0 Å². The molecule has 1 unspecified atom stereocenters. The standard InChI is InChI=1S/C13H21N3.C12H19N3.C2H6/c1-4-10(3)12-9-14-11-7-6-8-16(5-2)13(11)15-12;1-4-15-7-5-6-10-8-13-11(9(2)3)14-12(10)15;1-2/h9-10H,4-8H2,1-3H3;8-9H,4-7H2,1-3H3;1-2H3. The van der Waals surface area contributed by atoms with Crippen LogP contribution in [0.1, 0.15) is 109 Å². The van der Waals surface area contributed by atoms with Gasteiger partial charge in [-0.05, 0) is 51.9 Å². The van der Waals surface area contributed by atoms with E-state index >= 15 is 0 Å². The van der Waals surface area contributed by atoms with E-state index in [4.69, 9.17) is 4.98 Å². The maximum atomic E-state index is 4.80. The third-order valence-electron chi connectivity index (χ3n) is 6.42. The van der Waals surface area contributed by atoms with Crippen LogP contribution in [0.25, 0.3) is 0 Å². The minimum absolute atomic E-state index is 0.413. The SMILES string of the molecule is CC.CCC(C)c1cnc2c(n1)N(CC)CCC2.CCN1CCCc2cnc(C(C)C)nc21. The molecule has 184 valence electrons. The average molecular weight is 455 g/mol. The Kier molecular flexibility index (Phi) is 11.0. The normalized spacial score (nSPS) is 15.5. The maximum Gasteiger partial charge on any atom is 0.150 e. The lowest BCUT2D eigenvalue weighted by atomic mass is 10.0. The number of anilines is 2. The van der Waals surface area contributed by atoms with Crippen molar-refractivity contribution in [3.05, 3.63) is 35.2 Å². The number of hydrogen-bond acceptors (Lipinski definition) is 6. The van der Waals surface area contributed by atoms with Crippen LogP contribution in [0.4, 0.5) is 11.6 Å². The molecule has 0 saturated carbocycles. The Hall–Kier alpha value is -2.24. The number of hydrogen-bond donors (Lipinski definition) is 0. The smallest absolute Gasteiger partial charge is 0.150 e. The summed E-state index contributed by atoms with van der Waals surface area (Å²) in [5.74, 6) is 4.19. The number of fused-ring (bicyclic) bond motifs is 2. The Balaban J connectivity index is 0.000000218. The van der Waals surface area contributed by atoms with Crippen molar-refractivity contribution < 1.29 is 0 Å². The van der Waals surface area contributed by atoms with Gasteiger partial charge >= 0.3 is 0 Å². The second-order valence-corrected chi connectivity index (χ2v) is 8.97. The Morgan fingerprint density at radius 1 is 0.818 bits per heavy atom. The van der Waals surface area contributed by atoms with Crippen LogP contribution in [-0.4, -0.2) is 46.1 Å². The molecule has 33 heavy (non-hydrogen) atoms. The van der Waals surface area contributed by atoms with Gasteiger partial charge in [0.15, 0.2) is 5.82 Å². The molecule has 0 amide bonds. The zero-order valence-corrected chi connectivity index (χ0v) is 22.4. The van der Waals surface area contributed by atoms with Crippen molar-refractivity contribution in [2.45, 2.75) is 99.3 Å².